The van der Waals surface area contributed by atoms with Crippen LogP contribution in [0.25, 0.3) is 11.1 Å². The average Bonchev–Trinajstić information content (AvgIpc) is 2.94. The van der Waals surface area contributed by atoms with E-state index in [1.54, 1.807) is 5.32 Å². The number of carbonyl (C=O) groups is 2. The molecule has 0 saturated heterocycles. The Labute approximate surface area is 139 Å². The minimum atomic E-state index is -2.75. The first-order valence-corrected chi connectivity index (χ1v) is 7.39. The van der Waals surface area contributed by atoms with Gasteiger partial charge in [-0.2, -0.15) is 0 Å². The van der Waals surface area contributed by atoms with Crippen LogP contribution in [0.1, 0.15) is 18.4 Å². The quantitative estimate of drug-likeness (QED) is 0.884. The molecule has 0 aromatic heterocycles. The van der Waals surface area contributed by atoms with E-state index in [4.69, 9.17) is 11.2 Å². The lowest BCUT2D eigenvalue weighted by molar-refractivity contribution is -0.139. The van der Waals surface area contributed by atoms with Crippen molar-refractivity contribution < 1.29 is 25.2 Å². The van der Waals surface area contributed by atoms with Crippen LogP contribution in [-0.4, -0.2) is 36.5 Å². The maximum Gasteiger partial charge on any atom is 0.407 e. The van der Waals surface area contributed by atoms with Crippen LogP contribution in [0.3, 0.4) is 0 Å². The number of carboxylic acid groups (broad SMARTS) is 1. The van der Waals surface area contributed by atoms with E-state index >= 15 is 0 Å². The summed E-state index contributed by atoms with van der Waals surface area (Å²) in [7, 11) is 0. The fraction of sp³-hybridized carbons (Fsp3) is 0.222. The molecule has 0 bridgehead atoms. The second kappa shape index (κ2) is 6.70. The van der Waals surface area contributed by atoms with Gasteiger partial charge >= 0.3 is 12.1 Å². The second-order valence-corrected chi connectivity index (χ2v) is 5.37. The molecule has 0 unspecified atom stereocenters. The molecule has 124 valence electrons. The van der Waals surface area contributed by atoms with Gasteiger partial charge in [0.05, 0.1) is 1.37 Å². The number of hydrogen-bond acceptors (Lipinski definition) is 3. The molecule has 3 rings (SSSR count). The Morgan fingerprint density at radius 2 is 1.71 bits per heavy atom. The van der Waals surface area contributed by atoms with Crippen LogP contribution in [0.5, 0.6) is 0 Å². The molecule has 2 aromatic rings. The first kappa shape index (κ1) is 14.7. The third kappa shape index (κ3) is 2.95. The molecule has 24 heavy (non-hydrogen) atoms. The Kier molecular flexibility index (Phi) is 4.10. The molecule has 0 spiro atoms. The topological polar surface area (TPSA) is 75.6 Å². The zero-order valence-corrected chi connectivity index (χ0v) is 12.7. The zero-order valence-electron chi connectivity index (χ0n) is 13.7. The van der Waals surface area contributed by atoms with E-state index in [1.807, 2.05) is 48.5 Å². The highest BCUT2D eigenvalue weighted by atomic mass is 19.1. The highest BCUT2D eigenvalue weighted by Gasteiger charge is 2.29. The molecule has 2 N–H and O–H groups in total. The number of aliphatic carboxylic acids is 1. The number of alkyl carbamates (subject to hydrolysis) is 1. The molecule has 5 nitrogen and oxygen atoms in total. The average molecular weight is 330 g/mol. The highest BCUT2D eigenvalue weighted by Crippen LogP contribution is 2.44. The summed E-state index contributed by atoms with van der Waals surface area (Å²) < 4.78 is 25.2. The SMILES string of the molecule is [2H][C@](CF)(NC(=O)OCC1c2ccccc2-c2ccccc21)C(=O)O. The Hall–Kier alpha value is -2.89. The van der Waals surface area contributed by atoms with Gasteiger partial charge in [0.2, 0.25) is 0 Å². The van der Waals surface area contributed by atoms with Crippen LogP contribution in [0.15, 0.2) is 48.5 Å². The minimum Gasteiger partial charge on any atom is -0.480 e. The van der Waals surface area contributed by atoms with Gasteiger partial charge in [0.25, 0.3) is 0 Å². The smallest absolute Gasteiger partial charge is 0.407 e. The van der Waals surface area contributed by atoms with E-state index in [0.717, 1.165) is 22.3 Å². The van der Waals surface area contributed by atoms with Gasteiger partial charge in [-0.3, -0.25) is 0 Å². The molecule has 0 saturated carbocycles. The number of hydrogen-bond donors (Lipinski definition) is 2. The van der Waals surface area contributed by atoms with E-state index in [1.165, 1.54) is 0 Å². The number of amides is 1. The molecular formula is C18H16FNO4. The first-order valence-electron chi connectivity index (χ1n) is 7.89. The summed E-state index contributed by atoms with van der Waals surface area (Å²) in [4.78, 5) is 22.7. The highest BCUT2D eigenvalue weighted by molar-refractivity contribution is 5.81. The van der Waals surface area contributed by atoms with Crippen molar-refractivity contribution in [2.75, 3.05) is 13.3 Å². The van der Waals surface area contributed by atoms with E-state index in [9.17, 15) is 14.0 Å². The lowest BCUT2D eigenvalue weighted by Gasteiger charge is -2.16. The summed E-state index contributed by atoms with van der Waals surface area (Å²) in [5.41, 5.74) is 4.10. The summed E-state index contributed by atoms with van der Waals surface area (Å²) in [6.45, 7) is -1.60. The van der Waals surface area contributed by atoms with E-state index < -0.39 is 24.8 Å². The van der Waals surface area contributed by atoms with Crippen LogP contribution in [0.2, 0.25) is 0 Å². The molecule has 1 amide bonds. The van der Waals surface area contributed by atoms with Crippen molar-refractivity contribution in [3.8, 4) is 11.1 Å². The van der Waals surface area contributed by atoms with Crippen molar-refractivity contribution in [2.45, 2.75) is 11.9 Å². The van der Waals surface area contributed by atoms with Crippen molar-refractivity contribution >= 4 is 12.1 Å². The third-order valence-corrected chi connectivity index (χ3v) is 3.99. The van der Waals surface area contributed by atoms with Gasteiger partial charge in [0.1, 0.15) is 13.3 Å². The zero-order chi connectivity index (χ0) is 18.0. The van der Waals surface area contributed by atoms with E-state index in [2.05, 4.69) is 0 Å². The van der Waals surface area contributed by atoms with Crippen LogP contribution in [0.4, 0.5) is 9.18 Å². The molecule has 0 aliphatic heterocycles. The fourth-order valence-electron chi connectivity index (χ4n) is 2.90. The molecular weight excluding hydrogens is 313 g/mol. The summed E-state index contributed by atoms with van der Waals surface area (Å²) in [5.74, 6) is -1.99. The summed E-state index contributed by atoms with van der Waals surface area (Å²) in [5, 5.41) is 10.6. The number of carbonyl (C=O) groups excluding carboxylic acids is 1. The number of nitrogens with one attached hydrogen (secondary N) is 1. The molecule has 2 aromatic carbocycles. The number of alkyl halides is 1. The normalized spacial score (nSPS) is 15.6. The largest absolute Gasteiger partial charge is 0.480 e. The predicted molar refractivity (Wildman–Crippen MR) is 85.6 cm³/mol. The number of fused-ring (bicyclic) bond motifs is 3. The molecule has 0 fully saturated rings. The van der Waals surface area contributed by atoms with Crippen LogP contribution < -0.4 is 5.32 Å². The maximum absolute atomic E-state index is 12.7. The monoisotopic (exact) mass is 330 g/mol. The van der Waals surface area contributed by atoms with Crippen molar-refractivity contribution in [1.29, 1.82) is 0 Å². The van der Waals surface area contributed by atoms with Crippen molar-refractivity contribution in [3.05, 3.63) is 59.7 Å². The molecule has 0 heterocycles. The van der Waals surface area contributed by atoms with Crippen molar-refractivity contribution in [1.82, 2.24) is 5.32 Å². The molecule has 1 aliphatic carbocycles. The molecule has 0 radical (unpaired) electrons. The van der Waals surface area contributed by atoms with Gasteiger partial charge in [-0.25, -0.2) is 14.0 Å². The Balaban J connectivity index is 1.76. The Morgan fingerprint density at radius 3 is 2.21 bits per heavy atom. The number of halogens is 1. The first-order chi connectivity index (χ1) is 12.0. The van der Waals surface area contributed by atoms with E-state index in [-0.39, 0.29) is 12.5 Å². The minimum absolute atomic E-state index is 0.0398. The number of rotatable bonds is 5. The van der Waals surface area contributed by atoms with E-state index in [0.29, 0.717) is 0 Å². The second-order valence-electron chi connectivity index (χ2n) is 5.37. The number of benzene rings is 2. The summed E-state index contributed by atoms with van der Waals surface area (Å²) in [6.07, 6.45) is -1.14. The standard InChI is InChI=1S/C18H16FNO4/c19-9-16(17(21)22)20-18(23)24-10-15-13-7-3-1-5-11(13)12-6-2-4-8-14(12)15/h1-8,15-16H,9-10H2,(H,20,23)(H,21,22)/t16-/m1/s1/i16D. The van der Waals surface area contributed by atoms with Crippen molar-refractivity contribution in [2.24, 2.45) is 0 Å². The Morgan fingerprint density at radius 1 is 1.17 bits per heavy atom. The summed E-state index contributed by atoms with van der Waals surface area (Å²) in [6, 6.07) is 12.7. The molecule has 1 atom stereocenters. The van der Waals surface area contributed by atoms with Crippen LogP contribution >= 0.6 is 0 Å². The number of ether oxygens (including phenoxy) is 1. The van der Waals surface area contributed by atoms with Gasteiger partial charge in [0, 0.05) is 5.92 Å². The lowest BCUT2D eigenvalue weighted by Crippen LogP contribution is -2.42. The van der Waals surface area contributed by atoms with Gasteiger partial charge in [-0.15, -0.1) is 0 Å². The lowest BCUT2D eigenvalue weighted by atomic mass is 9.98. The third-order valence-electron chi connectivity index (χ3n) is 3.99. The van der Waals surface area contributed by atoms with Gasteiger partial charge < -0.3 is 15.2 Å². The van der Waals surface area contributed by atoms with Crippen LogP contribution in [-0.2, 0) is 9.53 Å². The van der Waals surface area contributed by atoms with Crippen LogP contribution in [0, 0.1) is 0 Å². The van der Waals surface area contributed by atoms with Gasteiger partial charge in [0.15, 0.2) is 6.02 Å². The van der Waals surface area contributed by atoms with Gasteiger partial charge in [-0.1, -0.05) is 48.5 Å². The van der Waals surface area contributed by atoms with Crippen molar-refractivity contribution in [3.63, 3.8) is 0 Å². The Bertz CT molecular complexity index is 783. The summed E-state index contributed by atoms with van der Waals surface area (Å²) >= 11 is 0. The predicted octanol–water partition coefficient (Wildman–Crippen LogP) is 2.95. The maximum atomic E-state index is 12.7. The fourth-order valence-corrected chi connectivity index (χ4v) is 2.90. The molecule has 6 heteroatoms. The molecule has 1 aliphatic rings. The van der Waals surface area contributed by atoms with Gasteiger partial charge in [-0.05, 0) is 22.3 Å². The number of carboxylic acids is 1.